The highest BCUT2D eigenvalue weighted by molar-refractivity contribution is 5.15. The van der Waals surface area contributed by atoms with Crippen LogP contribution >= 0.6 is 0 Å². The first-order valence-electron chi connectivity index (χ1n) is 8.03. The van der Waals surface area contributed by atoms with E-state index in [1.54, 1.807) is 0 Å². The van der Waals surface area contributed by atoms with Gasteiger partial charge in [-0.05, 0) is 71.1 Å². The SMILES string of the molecule is CN1CCCC(CNC(C)(C)CCc2ccccc2)C1. The molecule has 0 radical (unpaired) electrons. The van der Waals surface area contributed by atoms with Crippen LogP contribution in [0.1, 0.15) is 38.7 Å². The molecule has 1 aliphatic rings. The Hall–Kier alpha value is -0.860. The van der Waals surface area contributed by atoms with Gasteiger partial charge in [0, 0.05) is 12.1 Å². The Morgan fingerprint density at radius 3 is 2.70 bits per heavy atom. The molecule has 1 aromatic carbocycles. The molecule has 1 saturated heterocycles. The minimum Gasteiger partial charge on any atom is -0.311 e. The van der Waals surface area contributed by atoms with Gasteiger partial charge in [-0.3, -0.25) is 0 Å². The quantitative estimate of drug-likeness (QED) is 0.856. The van der Waals surface area contributed by atoms with Gasteiger partial charge in [-0.15, -0.1) is 0 Å². The predicted molar refractivity (Wildman–Crippen MR) is 87.1 cm³/mol. The summed E-state index contributed by atoms with van der Waals surface area (Å²) in [5.74, 6) is 0.824. The lowest BCUT2D eigenvalue weighted by Crippen LogP contribution is -2.45. The van der Waals surface area contributed by atoms with Crippen molar-refractivity contribution in [2.45, 2.75) is 45.1 Å². The van der Waals surface area contributed by atoms with E-state index < -0.39 is 0 Å². The van der Waals surface area contributed by atoms with Crippen molar-refractivity contribution in [2.75, 3.05) is 26.7 Å². The van der Waals surface area contributed by atoms with Gasteiger partial charge in [0.2, 0.25) is 0 Å². The molecule has 1 aliphatic heterocycles. The Labute approximate surface area is 124 Å². The van der Waals surface area contributed by atoms with Gasteiger partial charge in [0.05, 0.1) is 0 Å². The highest BCUT2D eigenvalue weighted by Crippen LogP contribution is 2.18. The second-order valence-corrected chi connectivity index (χ2v) is 7.02. The first kappa shape index (κ1) is 15.5. The zero-order chi connectivity index (χ0) is 14.4. The number of likely N-dealkylation sites (tertiary alicyclic amines) is 1. The number of benzene rings is 1. The monoisotopic (exact) mass is 274 g/mol. The standard InChI is InChI=1S/C18H30N2/c1-18(2,12-11-16-8-5-4-6-9-16)19-14-17-10-7-13-20(3)15-17/h4-6,8-9,17,19H,7,10-15H2,1-3H3. The van der Waals surface area contributed by atoms with E-state index in [0.717, 1.165) is 18.9 Å². The molecule has 112 valence electrons. The number of nitrogens with one attached hydrogen (secondary N) is 1. The average Bonchev–Trinajstić information content (AvgIpc) is 2.45. The Kier molecular flexibility index (Phi) is 5.62. The smallest absolute Gasteiger partial charge is 0.0128 e. The summed E-state index contributed by atoms with van der Waals surface area (Å²) in [6.07, 6.45) is 5.09. The van der Waals surface area contributed by atoms with Crippen LogP contribution in [0.5, 0.6) is 0 Å². The Morgan fingerprint density at radius 1 is 1.25 bits per heavy atom. The molecule has 0 aromatic heterocycles. The maximum Gasteiger partial charge on any atom is 0.0128 e. The maximum absolute atomic E-state index is 3.79. The molecule has 1 unspecified atom stereocenters. The van der Waals surface area contributed by atoms with Crippen LogP contribution in [0.3, 0.4) is 0 Å². The third-order valence-corrected chi connectivity index (χ3v) is 4.47. The van der Waals surface area contributed by atoms with Crippen LogP contribution in [0.25, 0.3) is 0 Å². The molecule has 1 N–H and O–H groups in total. The van der Waals surface area contributed by atoms with Crippen molar-refractivity contribution in [2.24, 2.45) is 5.92 Å². The fraction of sp³-hybridized carbons (Fsp3) is 0.667. The molecule has 0 saturated carbocycles. The van der Waals surface area contributed by atoms with Crippen LogP contribution in [0, 0.1) is 5.92 Å². The minimum absolute atomic E-state index is 0.228. The number of aryl methyl sites for hydroxylation is 1. The normalized spacial score (nSPS) is 21.1. The van der Waals surface area contributed by atoms with E-state index in [2.05, 4.69) is 61.4 Å². The molecule has 1 atom stereocenters. The van der Waals surface area contributed by atoms with Crippen molar-refractivity contribution in [3.63, 3.8) is 0 Å². The summed E-state index contributed by atoms with van der Waals surface area (Å²) in [5, 5.41) is 3.79. The largest absolute Gasteiger partial charge is 0.311 e. The first-order valence-corrected chi connectivity index (χ1v) is 8.03. The van der Waals surface area contributed by atoms with Gasteiger partial charge >= 0.3 is 0 Å². The third-order valence-electron chi connectivity index (χ3n) is 4.47. The molecule has 0 amide bonds. The number of hydrogen-bond donors (Lipinski definition) is 1. The second-order valence-electron chi connectivity index (χ2n) is 7.02. The zero-order valence-corrected chi connectivity index (χ0v) is 13.4. The highest BCUT2D eigenvalue weighted by atomic mass is 15.1. The van der Waals surface area contributed by atoms with Crippen molar-refractivity contribution < 1.29 is 0 Å². The van der Waals surface area contributed by atoms with Crippen molar-refractivity contribution in [3.8, 4) is 0 Å². The molecule has 1 aromatic rings. The van der Waals surface area contributed by atoms with E-state index >= 15 is 0 Å². The lowest BCUT2D eigenvalue weighted by Gasteiger charge is -2.33. The lowest BCUT2D eigenvalue weighted by atomic mass is 9.93. The molecule has 2 nitrogen and oxygen atoms in total. The Morgan fingerprint density at radius 2 is 2.00 bits per heavy atom. The molecule has 20 heavy (non-hydrogen) atoms. The first-order chi connectivity index (χ1) is 9.55. The van der Waals surface area contributed by atoms with Gasteiger partial charge in [-0.2, -0.15) is 0 Å². The number of piperidine rings is 1. The van der Waals surface area contributed by atoms with E-state index in [1.165, 1.54) is 37.9 Å². The van der Waals surface area contributed by atoms with Gasteiger partial charge < -0.3 is 10.2 Å². The summed E-state index contributed by atoms with van der Waals surface area (Å²) in [6, 6.07) is 10.8. The minimum atomic E-state index is 0.228. The van der Waals surface area contributed by atoms with Gasteiger partial charge in [0.1, 0.15) is 0 Å². The number of nitrogens with zero attached hydrogens (tertiary/aromatic N) is 1. The summed E-state index contributed by atoms with van der Waals surface area (Å²) in [6.45, 7) is 8.35. The van der Waals surface area contributed by atoms with Crippen molar-refractivity contribution >= 4 is 0 Å². The van der Waals surface area contributed by atoms with Crippen LogP contribution in [0.2, 0.25) is 0 Å². The molecule has 1 fully saturated rings. The summed E-state index contributed by atoms with van der Waals surface area (Å²) < 4.78 is 0. The molecule has 0 spiro atoms. The summed E-state index contributed by atoms with van der Waals surface area (Å²) in [5.41, 5.74) is 1.67. The van der Waals surface area contributed by atoms with Crippen LogP contribution in [-0.4, -0.2) is 37.1 Å². The van der Waals surface area contributed by atoms with Crippen molar-refractivity contribution in [3.05, 3.63) is 35.9 Å². The van der Waals surface area contributed by atoms with E-state index in [-0.39, 0.29) is 5.54 Å². The molecule has 0 bridgehead atoms. The average molecular weight is 274 g/mol. The van der Waals surface area contributed by atoms with Gasteiger partial charge in [0.25, 0.3) is 0 Å². The van der Waals surface area contributed by atoms with E-state index in [9.17, 15) is 0 Å². The molecule has 0 aliphatic carbocycles. The van der Waals surface area contributed by atoms with Crippen LogP contribution in [-0.2, 0) is 6.42 Å². The van der Waals surface area contributed by atoms with Gasteiger partial charge in [-0.25, -0.2) is 0 Å². The zero-order valence-electron chi connectivity index (χ0n) is 13.4. The van der Waals surface area contributed by atoms with Gasteiger partial charge in [-0.1, -0.05) is 30.3 Å². The fourth-order valence-electron chi connectivity index (χ4n) is 3.05. The fourth-order valence-corrected chi connectivity index (χ4v) is 3.05. The van der Waals surface area contributed by atoms with Crippen LogP contribution in [0.4, 0.5) is 0 Å². The number of rotatable bonds is 6. The van der Waals surface area contributed by atoms with Crippen LogP contribution in [0.15, 0.2) is 30.3 Å². The second kappa shape index (κ2) is 7.24. The summed E-state index contributed by atoms with van der Waals surface area (Å²) >= 11 is 0. The Bertz CT molecular complexity index is 386. The number of hydrogen-bond acceptors (Lipinski definition) is 2. The summed E-state index contributed by atoms with van der Waals surface area (Å²) in [4.78, 5) is 2.47. The molecule has 2 heteroatoms. The highest BCUT2D eigenvalue weighted by Gasteiger charge is 2.21. The Balaban J connectivity index is 1.73. The van der Waals surface area contributed by atoms with Crippen molar-refractivity contribution in [1.29, 1.82) is 0 Å². The topological polar surface area (TPSA) is 15.3 Å². The van der Waals surface area contributed by atoms with Crippen LogP contribution < -0.4 is 5.32 Å². The van der Waals surface area contributed by atoms with Gasteiger partial charge in [0.15, 0.2) is 0 Å². The maximum atomic E-state index is 3.79. The molecular formula is C18H30N2. The molecule has 2 rings (SSSR count). The van der Waals surface area contributed by atoms with Crippen molar-refractivity contribution in [1.82, 2.24) is 10.2 Å². The predicted octanol–water partition coefficient (Wildman–Crippen LogP) is 3.33. The summed E-state index contributed by atoms with van der Waals surface area (Å²) in [7, 11) is 2.24. The van der Waals surface area contributed by atoms with E-state index in [1.807, 2.05) is 0 Å². The van der Waals surface area contributed by atoms with E-state index in [4.69, 9.17) is 0 Å². The third kappa shape index (κ3) is 5.26. The lowest BCUT2D eigenvalue weighted by molar-refractivity contribution is 0.193. The van der Waals surface area contributed by atoms with E-state index in [0.29, 0.717) is 0 Å². The molecular weight excluding hydrogens is 244 g/mol. The molecule has 1 heterocycles.